The molecule has 0 bridgehead atoms. The summed E-state index contributed by atoms with van der Waals surface area (Å²) in [4.78, 5) is 0. The maximum atomic E-state index is 13.2. The average Bonchev–Trinajstić information content (AvgIpc) is 2.43. The molecule has 0 spiro atoms. The fraction of sp³-hybridized carbons (Fsp3) is 0.600. The van der Waals surface area contributed by atoms with Crippen molar-refractivity contribution < 1.29 is 9.13 Å². The minimum atomic E-state index is -0.355. The Morgan fingerprint density at radius 2 is 2.16 bits per heavy atom. The molecule has 1 aromatic carbocycles. The van der Waals surface area contributed by atoms with Crippen LogP contribution in [0.15, 0.2) is 18.2 Å². The second kappa shape index (κ2) is 7.22. The SMILES string of the molecule is CCNC(CC1CCOCC1)c1ccc(F)c(Cl)c1. The van der Waals surface area contributed by atoms with E-state index in [1.807, 2.05) is 6.07 Å². The molecule has 1 aliphatic heterocycles. The van der Waals surface area contributed by atoms with E-state index >= 15 is 0 Å². The Morgan fingerprint density at radius 1 is 1.42 bits per heavy atom. The molecule has 106 valence electrons. The highest BCUT2D eigenvalue weighted by Crippen LogP contribution is 2.29. The summed E-state index contributed by atoms with van der Waals surface area (Å²) in [7, 11) is 0. The van der Waals surface area contributed by atoms with Gasteiger partial charge in [0.2, 0.25) is 0 Å². The van der Waals surface area contributed by atoms with Gasteiger partial charge in [-0.1, -0.05) is 24.6 Å². The minimum absolute atomic E-state index is 0.201. The number of hydrogen-bond acceptors (Lipinski definition) is 2. The predicted octanol–water partition coefficient (Wildman–Crippen LogP) is 3.95. The first-order chi connectivity index (χ1) is 9.20. The van der Waals surface area contributed by atoms with Gasteiger partial charge in [-0.3, -0.25) is 0 Å². The molecule has 2 nitrogen and oxygen atoms in total. The van der Waals surface area contributed by atoms with Gasteiger partial charge in [0.1, 0.15) is 5.82 Å². The van der Waals surface area contributed by atoms with Crippen LogP contribution in [0.25, 0.3) is 0 Å². The second-order valence-electron chi connectivity index (χ2n) is 5.08. The second-order valence-corrected chi connectivity index (χ2v) is 5.48. The summed E-state index contributed by atoms with van der Waals surface area (Å²) in [6.07, 6.45) is 3.27. The molecule has 0 aromatic heterocycles. The van der Waals surface area contributed by atoms with Gasteiger partial charge >= 0.3 is 0 Å². The van der Waals surface area contributed by atoms with Crippen molar-refractivity contribution in [3.8, 4) is 0 Å². The Morgan fingerprint density at radius 3 is 2.79 bits per heavy atom. The third kappa shape index (κ3) is 4.16. The lowest BCUT2D eigenvalue weighted by Crippen LogP contribution is -2.26. The molecule has 19 heavy (non-hydrogen) atoms. The Labute approximate surface area is 119 Å². The van der Waals surface area contributed by atoms with E-state index in [4.69, 9.17) is 16.3 Å². The molecule has 0 aliphatic carbocycles. The van der Waals surface area contributed by atoms with Gasteiger partial charge in [0.25, 0.3) is 0 Å². The van der Waals surface area contributed by atoms with Crippen LogP contribution in [0.2, 0.25) is 5.02 Å². The first-order valence-corrected chi connectivity index (χ1v) is 7.34. The summed E-state index contributed by atoms with van der Waals surface area (Å²) in [6.45, 7) is 4.69. The molecule has 1 heterocycles. The van der Waals surface area contributed by atoms with E-state index < -0.39 is 0 Å². The lowest BCUT2D eigenvalue weighted by molar-refractivity contribution is 0.0606. The van der Waals surface area contributed by atoms with E-state index in [2.05, 4.69) is 12.2 Å². The first kappa shape index (κ1) is 14.8. The van der Waals surface area contributed by atoms with Crippen molar-refractivity contribution >= 4 is 11.6 Å². The molecule has 1 N–H and O–H groups in total. The highest BCUT2D eigenvalue weighted by molar-refractivity contribution is 6.30. The summed E-state index contributed by atoms with van der Waals surface area (Å²) < 4.78 is 18.6. The number of rotatable bonds is 5. The van der Waals surface area contributed by atoms with E-state index in [0.717, 1.165) is 44.6 Å². The van der Waals surface area contributed by atoms with Crippen LogP contribution in [0, 0.1) is 11.7 Å². The third-order valence-corrected chi connectivity index (χ3v) is 4.00. The fourth-order valence-corrected chi connectivity index (χ4v) is 2.82. The molecular weight excluding hydrogens is 265 g/mol. The lowest BCUT2D eigenvalue weighted by atomic mass is 9.89. The van der Waals surface area contributed by atoms with Crippen LogP contribution < -0.4 is 5.32 Å². The van der Waals surface area contributed by atoms with Crippen LogP contribution in [0.3, 0.4) is 0 Å². The smallest absolute Gasteiger partial charge is 0.141 e. The van der Waals surface area contributed by atoms with Gasteiger partial charge in [0.15, 0.2) is 0 Å². The van der Waals surface area contributed by atoms with Crippen LogP contribution in [0.5, 0.6) is 0 Å². The molecule has 1 atom stereocenters. The molecule has 2 rings (SSSR count). The van der Waals surface area contributed by atoms with Crippen molar-refractivity contribution in [1.82, 2.24) is 5.32 Å². The highest BCUT2D eigenvalue weighted by Gasteiger charge is 2.20. The molecule has 4 heteroatoms. The van der Waals surface area contributed by atoms with Crippen molar-refractivity contribution in [3.63, 3.8) is 0 Å². The van der Waals surface area contributed by atoms with E-state index in [-0.39, 0.29) is 16.9 Å². The molecule has 1 unspecified atom stereocenters. The Hall–Kier alpha value is -0.640. The van der Waals surface area contributed by atoms with Gasteiger partial charge in [-0.05, 0) is 49.4 Å². The van der Waals surface area contributed by atoms with Gasteiger partial charge in [0.05, 0.1) is 5.02 Å². The highest BCUT2D eigenvalue weighted by atomic mass is 35.5. The normalized spacial score (nSPS) is 18.5. The number of halogens is 2. The third-order valence-electron chi connectivity index (χ3n) is 3.71. The number of nitrogens with one attached hydrogen (secondary N) is 1. The van der Waals surface area contributed by atoms with Crippen LogP contribution >= 0.6 is 11.6 Å². The molecule has 1 aromatic rings. The molecule has 0 amide bonds. The minimum Gasteiger partial charge on any atom is -0.381 e. The molecular formula is C15H21ClFNO. The van der Waals surface area contributed by atoms with Crippen molar-refractivity contribution in [2.75, 3.05) is 19.8 Å². The van der Waals surface area contributed by atoms with Crippen LogP contribution in [0.1, 0.15) is 37.8 Å². The summed E-state index contributed by atoms with van der Waals surface area (Å²) in [5, 5.41) is 3.67. The topological polar surface area (TPSA) is 21.3 Å². The fourth-order valence-electron chi connectivity index (χ4n) is 2.63. The van der Waals surface area contributed by atoms with Gasteiger partial charge in [-0.25, -0.2) is 4.39 Å². The van der Waals surface area contributed by atoms with Crippen molar-refractivity contribution in [3.05, 3.63) is 34.6 Å². The zero-order valence-corrected chi connectivity index (χ0v) is 12.0. The maximum absolute atomic E-state index is 13.2. The summed E-state index contributed by atoms with van der Waals surface area (Å²) in [5.74, 6) is 0.313. The molecule has 0 saturated carbocycles. The van der Waals surface area contributed by atoms with Crippen molar-refractivity contribution in [1.29, 1.82) is 0 Å². The van der Waals surface area contributed by atoms with Crippen LogP contribution in [0.4, 0.5) is 4.39 Å². The van der Waals surface area contributed by atoms with Crippen molar-refractivity contribution in [2.45, 2.75) is 32.2 Å². The Balaban J connectivity index is 2.07. The van der Waals surface area contributed by atoms with Crippen LogP contribution in [-0.2, 0) is 4.74 Å². The average molecular weight is 286 g/mol. The van der Waals surface area contributed by atoms with E-state index in [1.54, 1.807) is 6.07 Å². The zero-order chi connectivity index (χ0) is 13.7. The van der Waals surface area contributed by atoms with Crippen LogP contribution in [-0.4, -0.2) is 19.8 Å². The standard InChI is InChI=1S/C15H21ClFNO/c1-2-18-15(9-11-5-7-19-8-6-11)12-3-4-14(17)13(16)10-12/h3-4,10-11,15,18H,2,5-9H2,1H3. The van der Waals surface area contributed by atoms with E-state index in [0.29, 0.717) is 5.92 Å². The number of ether oxygens (including phenoxy) is 1. The first-order valence-electron chi connectivity index (χ1n) is 6.96. The lowest BCUT2D eigenvalue weighted by Gasteiger charge is -2.27. The van der Waals surface area contributed by atoms with Gasteiger partial charge in [0, 0.05) is 19.3 Å². The van der Waals surface area contributed by atoms with E-state index in [1.165, 1.54) is 6.07 Å². The zero-order valence-electron chi connectivity index (χ0n) is 11.3. The molecule has 0 radical (unpaired) electrons. The number of benzene rings is 1. The van der Waals surface area contributed by atoms with Gasteiger partial charge in [-0.2, -0.15) is 0 Å². The largest absolute Gasteiger partial charge is 0.381 e. The number of hydrogen-bond donors (Lipinski definition) is 1. The predicted molar refractivity (Wildman–Crippen MR) is 76.0 cm³/mol. The summed E-state index contributed by atoms with van der Waals surface area (Å²) >= 11 is 5.88. The Bertz CT molecular complexity index is 407. The quantitative estimate of drug-likeness (QED) is 0.884. The van der Waals surface area contributed by atoms with E-state index in [9.17, 15) is 4.39 Å². The summed E-state index contributed by atoms with van der Waals surface area (Å²) in [6, 6.07) is 5.26. The monoisotopic (exact) mass is 285 g/mol. The maximum Gasteiger partial charge on any atom is 0.141 e. The molecule has 1 saturated heterocycles. The van der Waals surface area contributed by atoms with Gasteiger partial charge < -0.3 is 10.1 Å². The summed E-state index contributed by atoms with van der Waals surface area (Å²) in [5.41, 5.74) is 1.07. The molecule has 1 fully saturated rings. The molecule has 1 aliphatic rings. The van der Waals surface area contributed by atoms with Gasteiger partial charge in [-0.15, -0.1) is 0 Å². The van der Waals surface area contributed by atoms with Crippen molar-refractivity contribution in [2.24, 2.45) is 5.92 Å². The Kier molecular flexibility index (Phi) is 5.61.